The number of hydrogen-bond acceptors (Lipinski definition) is 3. The number of ether oxygens (including phenoxy) is 1. The summed E-state index contributed by atoms with van der Waals surface area (Å²) < 4.78 is 5.42. The van der Waals surface area contributed by atoms with Crippen LogP contribution in [0.2, 0.25) is 0 Å². The van der Waals surface area contributed by atoms with Crippen LogP contribution in [0, 0.1) is 5.92 Å². The molecule has 0 aliphatic carbocycles. The molecule has 0 spiro atoms. The minimum Gasteiger partial charge on any atom is -0.380 e. The second-order valence-corrected chi connectivity index (χ2v) is 5.87. The summed E-state index contributed by atoms with van der Waals surface area (Å²) in [4.78, 5) is 26.6. The summed E-state index contributed by atoms with van der Waals surface area (Å²) in [5, 5.41) is 2.87. The van der Waals surface area contributed by atoms with Gasteiger partial charge in [0, 0.05) is 6.61 Å². The number of rotatable bonds is 7. The summed E-state index contributed by atoms with van der Waals surface area (Å²) in [6.07, 6.45) is 1.31. The average molecular weight is 284 g/mol. The zero-order chi connectivity index (χ0) is 15.3. The summed E-state index contributed by atoms with van der Waals surface area (Å²) >= 11 is 0. The van der Waals surface area contributed by atoms with Gasteiger partial charge in [0.05, 0.1) is 12.6 Å². The zero-order valence-electron chi connectivity index (χ0n) is 13.3. The molecule has 20 heavy (non-hydrogen) atoms. The van der Waals surface area contributed by atoms with Crippen LogP contribution in [0.5, 0.6) is 0 Å². The molecule has 1 aliphatic rings. The summed E-state index contributed by atoms with van der Waals surface area (Å²) in [7, 11) is 0. The normalized spacial score (nSPS) is 25.0. The largest absolute Gasteiger partial charge is 0.380 e. The second-order valence-electron chi connectivity index (χ2n) is 5.87. The zero-order valence-corrected chi connectivity index (χ0v) is 13.3. The van der Waals surface area contributed by atoms with Crippen LogP contribution < -0.4 is 5.32 Å². The molecule has 0 aromatic rings. The Bertz CT molecular complexity index is 344. The Morgan fingerprint density at radius 3 is 2.40 bits per heavy atom. The van der Waals surface area contributed by atoms with E-state index in [1.807, 2.05) is 20.8 Å². The molecule has 0 saturated carbocycles. The Balaban J connectivity index is 2.88. The highest BCUT2D eigenvalue weighted by Gasteiger charge is 2.41. The molecular weight excluding hydrogens is 256 g/mol. The third-order valence-electron chi connectivity index (χ3n) is 3.64. The molecule has 116 valence electrons. The molecule has 1 aliphatic heterocycles. The van der Waals surface area contributed by atoms with Crippen LogP contribution >= 0.6 is 0 Å². The predicted molar refractivity (Wildman–Crippen MR) is 78.3 cm³/mol. The SMILES string of the molecule is CCOCC(C)N1C(=O)C(CC(C)C)NC(=O)C1CC. The van der Waals surface area contributed by atoms with Crippen molar-refractivity contribution in [2.75, 3.05) is 13.2 Å². The van der Waals surface area contributed by atoms with Crippen molar-refractivity contribution in [2.45, 2.75) is 65.6 Å². The molecule has 3 atom stereocenters. The van der Waals surface area contributed by atoms with Gasteiger partial charge in [0.2, 0.25) is 11.8 Å². The summed E-state index contributed by atoms with van der Waals surface area (Å²) in [6, 6.07) is -0.844. The van der Waals surface area contributed by atoms with E-state index in [-0.39, 0.29) is 23.9 Å². The third-order valence-corrected chi connectivity index (χ3v) is 3.64. The Hall–Kier alpha value is -1.10. The van der Waals surface area contributed by atoms with E-state index in [4.69, 9.17) is 4.74 Å². The molecule has 1 heterocycles. The number of amides is 2. The minimum absolute atomic E-state index is 0.0253. The van der Waals surface area contributed by atoms with E-state index in [9.17, 15) is 9.59 Å². The molecule has 3 unspecified atom stereocenters. The van der Waals surface area contributed by atoms with Gasteiger partial charge in [0.25, 0.3) is 0 Å². The third kappa shape index (κ3) is 3.95. The van der Waals surface area contributed by atoms with E-state index >= 15 is 0 Å². The molecule has 0 radical (unpaired) electrons. The fourth-order valence-electron chi connectivity index (χ4n) is 2.70. The monoisotopic (exact) mass is 284 g/mol. The van der Waals surface area contributed by atoms with Crippen LogP contribution in [0.25, 0.3) is 0 Å². The van der Waals surface area contributed by atoms with Crippen molar-refractivity contribution in [3.8, 4) is 0 Å². The van der Waals surface area contributed by atoms with Crippen molar-refractivity contribution in [3.05, 3.63) is 0 Å². The lowest BCUT2D eigenvalue weighted by molar-refractivity contribution is -0.153. The Labute approximate surface area is 122 Å². The maximum atomic E-state index is 12.6. The second kappa shape index (κ2) is 7.62. The summed E-state index contributed by atoms with van der Waals surface area (Å²) in [5.41, 5.74) is 0. The van der Waals surface area contributed by atoms with Crippen molar-refractivity contribution in [2.24, 2.45) is 5.92 Å². The van der Waals surface area contributed by atoms with Crippen LogP contribution in [0.4, 0.5) is 0 Å². The number of carbonyl (C=O) groups excluding carboxylic acids is 2. The van der Waals surface area contributed by atoms with Crippen LogP contribution in [-0.2, 0) is 14.3 Å². The van der Waals surface area contributed by atoms with Gasteiger partial charge < -0.3 is 15.0 Å². The van der Waals surface area contributed by atoms with Crippen LogP contribution in [-0.4, -0.2) is 48.1 Å². The molecule has 1 rings (SSSR count). The summed E-state index contributed by atoms with van der Waals surface area (Å²) in [6.45, 7) is 11.0. The molecule has 2 amide bonds. The highest BCUT2D eigenvalue weighted by molar-refractivity contribution is 5.97. The first kappa shape index (κ1) is 17.0. The van der Waals surface area contributed by atoms with Gasteiger partial charge in [0.15, 0.2) is 0 Å². The van der Waals surface area contributed by atoms with E-state index in [2.05, 4.69) is 19.2 Å². The number of hydrogen-bond donors (Lipinski definition) is 1. The number of piperazine rings is 1. The standard InChI is InChI=1S/C15H28N2O3/c1-6-13-14(18)16-12(8-10(3)4)15(19)17(13)11(5)9-20-7-2/h10-13H,6-9H2,1-5H3,(H,16,18). The molecule has 1 saturated heterocycles. The Morgan fingerprint density at radius 1 is 1.25 bits per heavy atom. The lowest BCUT2D eigenvalue weighted by Crippen LogP contribution is -2.65. The van der Waals surface area contributed by atoms with Gasteiger partial charge in [-0.25, -0.2) is 0 Å². The molecule has 1 fully saturated rings. The quantitative estimate of drug-likeness (QED) is 0.772. The Kier molecular flexibility index (Phi) is 6.46. The number of carbonyl (C=O) groups is 2. The maximum absolute atomic E-state index is 12.6. The molecule has 1 N–H and O–H groups in total. The van der Waals surface area contributed by atoms with Gasteiger partial charge in [-0.15, -0.1) is 0 Å². The van der Waals surface area contributed by atoms with Crippen molar-refractivity contribution >= 4 is 11.8 Å². The molecular formula is C15H28N2O3. The van der Waals surface area contributed by atoms with Crippen molar-refractivity contribution in [1.29, 1.82) is 0 Å². The molecule has 0 aromatic heterocycles. The van der Waals surface area contributed by atoms with Crippen molar-refractivity contribution < 1.29 is 14.3 Å². The number of nitrogens with one attached hydrogen (secondary N) is 1. The van der Waals surface area contributed by atoms with Crippen molar-refractivity contribution in [3.63, 3.8) is 0 Å². The molecule has 5 nitrogen and oxygen atoms in total. The Morgan fingerprint density at radius 2 is 1.90 bits per heavy atom. The fraction of sp³-hybridized carbons (Fsp3) is 0.867. The van der Waals surface area contributed by atoms with Crippen LogP contribution in [0.3, 0.4) is 0 Å². The van der Waals surface area contributed by atoms with E-state index in [0.29, 0.717) is 32.0 Å². The summed E-state index contributed by atoms with van der Waals surface area (Å²) in [5.74, 6) is 0.352. The highest BCUT2D eigenvalue weighted by atomic mass is 16.5. The highest BCUT2D eigenvalue weighted by Crippen LogP contribution is 2.20. The van der Waals surface area contributed by atoms with E-state index in [1.54, 1.807) is 4.90 Å². The first-order chi connectivity index (χ1) is 9.42. The maximum Gasteiger partial charge on any atom is 0.246 e. The number of nitrogens with zero attached hydrogens (tertiary/aromatic N) is 1. The predicted octanol–water partition coefficient (Wildman–Crippen LogP) is 1.56. The van der Waals surface area contributed by atoms with Gasteiger partial charge in [-0.1, -0.05) is 20.8 Å². The van der Waals surface area contributed by atoms with Gasteiger partial charge in [0.1, 0.15) is 12.1 Å². The average Bonchev–Trinajstić information content (AvgIpc) is 2.38. The minimum atomic E-state index is -0.394. The van der Waals surface area contributed by atoms with Crippen LogP contribution in [0.1, 0.15) is 47.5 Å². The van der Waals surface area contributed by atoms with E-state index < -0.39 is 6.04 Å². The van der Waals surface area contributed by atoms with E-state index in [0.717, 1.165) is 0 Å². The topological polar surface area (TPSA) is 58.6 Å². The first-order valence-electron chi connectivity index (χ1n) is 7.62. The van der Waals surface area contributed by atoms with Gasteiger partial charge in [-0.2, -0.15) is 0 Å². The van der Waals surface area contributed by atoms with Gasteiger partial charge >= 0.3 is 0 Å². The van der Waals surface area contributed by atoms with Gasteiger partial charge in [-0.05, 0) is 32.6 Å². The molecule has 0 bridgehead atoms. The van der Waals surface area contributed by atoms with E-state index in [1.165, 1.54) is 0 Å². The van der Waals surface area contributed by atoms with Gasteiger partial charge in [-0.3, -0.25) is 9.59 Å². The lowest BCUT2D eigenvalue weighted by Gasteiger charge is -2.42. The molecule has 0 aromatic carbocycles. The van der Waals surface area contributed by atoms with Crippen molar-refractivity contribution in [1.82, 2.24) is 10.2 Å². The lowest BCUT2D eigenvalue weighted by atomic mass is 9.96. The van der Waals surface area contributed by atoms with Crippen LogP contribution in [0.15, 0.2) is 0 Å². The molecule has 5 heteroatoms. The first-order valence-corrected chi connectivity index (χ1v) is 7.62. The fourth-order valence-corrected chi connectivity index (χ4v) is 2.70. The smallest absolute Gasteiger partial charge is 0.246 e.